The number of benzene rings is 2. The van der Waals surface area contributed by atoms with Crippen LogP contribution in [0, 0.1) is 0 Å². The second kappa shape index (κ2) is 11.5. The normalized spacial score (nSPS) is 15.3. The lowest BCUT2D eigenvalue weighted by atomic mass is 9.91. The Bertz CT molecular complexity index is 889. The van der Waals surface area contributed by atoms with Gasteiger partial charge in [0.25, 0.3) is 0 Å². The number of hydrogen-bond donors (Lipinski definition) is 2. The molecule has 0 aromatic heterocycles. The van der Waals surface area contributed by atoms with E-state index < -0.39 is 11.7 Å². The van der Waals surface area contributed by atoms with Gasteiger partial charge in [0.2, 0.25) is 0 Å². The van der Waals surface area contributed by atoms with Gasteiger partial charge < -0.3 is 15.3 Å². The van der Waals surface area contributed by atoms with E-state index in [2.05, 4.69) is 10.5 Å². The van der Waals surface area contributed by atoms with Crippen molar-refractivity contribution in [2.45, 2.75) is 64.3 Å². The molecule has 4 nitrogen and oxygen atoms in total. The molecule has 0 atom stereocenters. The van der Waals surface area contributed by atoms with Crippen LogP contribution in [0.3, 0.4) is 0 Å². The molecule has 0 unspecified atom stereocenters. The fourth-order valence-electron chi connectivity index (χ4n) is 4.09. The molecule has 1 aliphatic rings. The quantitative estimate of drug-likeness (QED) is 0.275. The Balaban J connectivity index is 1.60. The molecule has 1 saturated carbocycles. The lowest BCUT2D eigenvalue weighted by Crippen LogP contribution is -2.15. The fourth-order valence-corrected chi connectivity index (χ4v) is 4.09. The number of hydrogen-bond acceptors (Lipinski definition) is 4. The van der Waals surface area contributed by atoms with Gasteiger partial charge in [-0.2, -0.15) is 13.2 Å². The monoisotopic (exact) mass is 448 g/mol. The molecule has 0 saturated heterocycles. The summed E-state index contributed by atoms with van der Waals surface area (Å²) in [7, 11) is 0. The third-order valence-electron chi connectivity index (χ3n) is 5.86. The maximum absolute atomic E-state index is 13.6. The van der Waals surface area contributed by atoms with E-state index in [1.165, 1.54) is 6.07 Å². The molecule has 3 rings (SSSR count). The first-order valence-corrected chi connectivity index (χ1v) is 11.2. The zero-order chi connectivity index (χ0) is 23.0. The molecule has 0 bridgehead atoms. The Kier molecular flexibility index (Phi) is 8.70. The van der Waals surface area contributed by atoms with Crippen molar-refractivity contribution in [1.29, 1.82) is 0 Å². The van der Waals surface area contributed by atoms with Gasteiger partial charge in [-0.3, -0.25) is 0 Å². The number of nitrogens with one attached hydrogen (secondary N) is 1. The first-order valence-electron chi connectivity index (χ1n) is 11.2. The Hall–Kier alpha value is -2.38. The summed E-state index contributed by atoms with van der Waals surface area (Å²) in [5.41, 5.74) is 2.97. The van der Waals surface area contributed by atoms with Crippen LogP contribution in [0.15, 0.2) is 47.6 Å². The molecule has 7 heteroatoms. The zero-order valence-corrected chi connectivity index (χ0v) is 18.4. The highest BCUT2D eigenvalue weighted by Crippen LogP contribution is 2.41. The molecule has 0 aliphatic heterocycles. The van der Waals surface area contributed by atoms with Crippen molar-refractivity contribution in [1.82, 2.24) is 5.32 Å². The van der Waals surface area contributed by atoms with Crippen LogP contribution in [-0.4, -0.2) is 24.0 Å². The van der Waals surface area contributed by atoms with Crippen molar-refractivity contribution in [3.63, 3.8) is 0 Å². The van der Waals surface area contributed by atoms with Crippen LogP contribution in [-0.2, 0) is 24.2 Å². The zero-order valence-electron chi connectivity index (χ0n) is 18.4. The second-order valence-corrected chi connectivity index (χ2v) is 8.30. The summed E-state index contributed by atoms with van der Waals surface area (Å²) in [5.74, 6) is -0.00490. The molecular weight excluding hydrogens is 417 g/mol. The number of aliphatic hydroxyl groups is 1. The van der Waals surface area contributed by atoms with E-state index in [1.54, 1.807) is 19.1 Å². The fraction of sp³-hybridized carbons (Fsp3) is 0.480. The summed E-state index contributed by atoms with van der Waals surface area (Å²) in [4.78, 5) is 5.38. The number of rotatable bonds is 10. The molecule has 2 N–H and O–H groups in total. The average molecular weight is 449 g/mol. The average Bonchev–Trinajstić information content (AvgIpc) is 3.31. The van der Waals surface area contributed by atoms with Gasteiger partial charge in [0.1, 0.15) is 6.61 Å². The van der Waals surface area contributed by atoms with Gasteiger partial charge in [-0.15, -0.1) is 0 Å². The lowest BCUT2D eigenvalue weighted by molar-refractivity contribution is -0.138. The molecular formula is C25H31F3N2O2. The molecule has 2 aromatic rings. The van der Waals surface area contributed by atoms with E-state index in [9.17, 15) is 13.2 Å². The summed E-state index contributed by atoms with van der Waals surface area (Å²) < 4.78 is 40.9. The maximum Gasteiger partial charge on any atom is 0.416 e. The van der Waals surface area contributed by atoms with E-state index in [0.717, 1.165) is 49.8 Å². The van der Waals surface area contributed by atoms with E-state index in [-0.39, 0.29) is 19.1 Å². The highest BCUT2D eigenvalue weighted by atomic mass is 19.4. The van der Waals surface area contributed by atoms with Crippen molar-refractivity contribution in [3.05, 3.63) is 70.3 Å². The topological polar surface area (TPSA) is 53.8 Å². The standard InChI is InChI=1S/C25H31F3N2O2/c1-18(21-10-7-19(8-11-21)16-29-13-4-14-31)30-32-17-20-9-12-23(22-5-2-3-6-22)24(15-20)25(26,27)28/h7-12,15,22,29,31H,2-6,13-14,16-17H2,1H3/b30-18+. The highest BCUT2D eigenvalue weighted by Gasteiger charge is 2.36. The minimum atomic E-state index is -4.37. The number of alkyl halides is 3. The maximum atomic E-state index is 13.6. The van der Waals surface area contributed by atoms with E-state index in [1.807, 2.05) is 24.3 Å². The van der Waals surface area contributed by atoms with Crippen molar-refractivity contribution < 1.29 is 23.1 Å². The molecule has 0 amide bonds. The second-order valence-electron chi connectivity index (χ2n) is 8.30. The van der Waals surface area contributed by atoms with Gasteiger partial charge in [0.05, 0.1) is 11.3 Å². The third-order valence-corrected chi connectivity index (χ3v) is 5.86. The molecule has 2 aromatic carbocycles. The predicted molar refractivity (Wildman–Crippen MR) is 120 cm³/mol. The van der Waals surface area contributed by atoms with Crippen LogP contribution in [0.2, 0.25) is 0 Å². The van der Waals surface area contributed by atoms with Crippen LogP contribution in [0.4, 0.5) is 13.2 Å². The first-order chi connectivity index (χ1) is 15.4. The van der Waals surface area contributed by atoms with Crippen LogP contribution in [0.1, 0.15) is 72.8 Å². The summed E-state index contributed by atoms with van der Waals surface area (Å²) in [6.07, 6.45) is -0.0410. The Morgan fingerprint density at radius 2 is 1.78 bits per heavy atom. The van der Waals surface area contributed by atoms with Crippen molar-refractivity contribution in [2.75, 3.05) is 13.2 Å². The Morgan fingerprint density at radius 3 is 2.44 bits per heavy atom. The Morgan fingerprint density at radius 1 is 1.09 bits per heavy atom. The number of aliphatic hydroxyl groups excluding tert-OH is 1. The van der Waals surface area contributed by atoms with Gasteiger partial charge in [0, 0.05) is 13.2 Å². The summed E-state index contributed by atoms with van der Waals surface area (Å²) in [6, 6.07) is 12.4. The summed E-state index contributed by atoms with van der Waals surface area (Å²) in [6.45, 7) is 3.43. The molecule has 0 heterocycles. The van der Waals surface area contributed by atoms with Crippen LogP contribution >= 0.6 is 0 Å². The molecule has 1 aliphatic carbocycles. The summed E-state index contributed by atoms with van der Waals surface area (Å²) >= 11 is 0. The van der Waals surface area contributed by atoms with Gasteiger partial charge in [-0.1, -0.05) is 54.4 Å². The minimum absolute atomic E-state index is 0.00490. The lowest BCUT2D eigenvalue weighted by Gasteiger charge is -2.18. The third kappa shape index (κ3) is 6.81. The minimum Gasteiger partial charge on any atom is -0.396 e. The highest BCUT2D eigenvalue weighted by molar-refractivity contribution is 5.98. The van der Waals surface area contributed by atoms with E-state index in [0.29, 0.717) is 23.4 Å². The van der Waals surface area contributed by atoms with E-state index in [4.69, 9.17) is 9.94 Å². The van der Waals surface area contributed by atoms with E-state index >= 15 is 0 Å². The van der Waals surface area contributed by atoms with Gasteiger partial charge in [-0.05, 0) is 67.0 Å². The summed E-state index contributed by atoms with van der Waals surface area (Å²) in [5, 5.41) is 16.1. The van der Waals surface area contributed by atoms with Crippen molar-refractivity contribution >= 4 is 5.71 Å². The largest absolute Gasteiger partial charge is 0.416 e. The van der Waals surface area contributed by atoms with Crippen LogP contribution in [0.25, 0.3) is 0 Å². The van der Waals surface area contributed by atoms with Gasteiger partial charge in [-0.25, -0.2) is 0 Å². The van der Waals surface area contributed by atoms with Crippen molar-refractivity contribution in [2.24, 2.45) is 5.16 Å². The van der Waals surface area contributed by atoms with Crippen molar-refractivity contribution in [3.8, 4) is 0 Å². The number of halogens is 3. The molecule has 1 fully saturated rings. The SMILES string of the molecule is C/C(=N\OCc1ccc(C2CCCC2)c(C(F)(F)F)c1)c1ccc(CNCCCO)cc1. The smallest absolute Gasteiger partial charge is 0.396 e. The first kappa shape index (κ1) is 24.3. The number of nitrogens with zero attached hydrogens (tertiary/aromatic N) is 1. The molecule has 0 radical (unpaired) electrons. The Labute approximate surface area is 187 Å². The predicted octanol–water partition coefficient (Wildman–Crippen LogP) is 5.78. The molecule has 0 spiro atoms. The molecule has 174 valence electrons. The van der Waals surface area contributed by atoms with Crippen LogP contribution < -0.4 is 5.32 Å². The van der Waals surface area contributed by atoms with Gasteiger partial charge in [0.15, 0.2) is 0 Å². The number of oxime groups is 1. The van der Waals surface area contributed by atoms with Gasteiger partial charge >= 0.3 is 6.18 Å². The van der Waals surface area contributed by atoms with Crippen LogP contribution in [0.5, 0.6) is 0 Å². The molecule has 32 heavy (non-hydrogen) atoms.